The first-order chi connectivity index (χ1) is 8.58. The van der Waals surface area contributed by atoms with Crippen LogP contribution in [0.1, 0.15) is 11.1 Å². The molecule has 0 bridgehead atoms. The maximum absolute atomic E-state index is 11.9. The molecule has 0 fully saturated rings. The van der Waals surface area contributed by atoms with Gasteiger partial charge in [-0.25, -0.2) is 0 Å². The minimum atomic E-state index is -3.69. The van der Waals surface area contributed by atoms with E-state index < -0.39 is 10.1 Å². The van der Waals surface area contributed by atoms with Crippen LogP contribution in [0.2, 0.25) is 0 Å². The van der Waals surface area contributed by atoms with Gasteiger partial charge in [0, 0.05) is 0 Å². The van der Waals surface area contributed by atoms with Gasteiger partial charge in [-0.2, -0.15) is 8.42 Å². The summed E-state index contributed by atoms with van der Waals surface area (Å²) < 4.78 is 28.8. The van der Waals surface area contributed by atoms with E-state index in [0.29, 0.717) is 0 Å². The van der Waals surface area contributed by atoms with Gasteiger partial charge in [0.2, 0.25) is 0 Å². The lowest BCUT2D eigenvalue weighted by Crippen LogP contribution is -2.06. The van der Waals surface area contributed by atoms with Crippen molar-refractivity contribution < 1.29 is 12.6 Å². The summed E-state index contributed by atoms with van der Waals surface area (Å²) in [6.45, 7) is 1.92. The zero-order valence-electron chi connectivity index (χ0n) is 9.96. The van der Waals surface area contributed by atoms with E-state index in [4.69, 9.17) is 4.18 Å². The summed E-state index contributed by atoms with van der Waals surface area (Å²) in [5.74, 6) is 0. The van der Waals surface area contributed by atoms with Crippen LogP contribution in [0.15, 0.2) is 53.4 Å². The van der Waals surface area contributed by atoms with E-state index in [1.54, 1.807) is 48.5 Å². The Morgan fingerprint density at radius 3 is 2.50 bits per heavy atom. The predicted molar refractivity (Wildman–Crippen MR) is 68.4 cm³/mol. The summed E-state index contributed by atoms with van der Waals surface area (Å²) in [6.07, 6.45) is 0. The molecule has 0 aliphatic carbocycles. The number of benzene rings is 2. The zero-order chi connectivity index (χ0) is 13.0. The molecule has 0 aliphatic heterocycles. The Hall–Kier alpha value is -1.65. The highest BCUT2D eigenvalue weighted by molar-refractivity contribution is 7.86. The van der Waals surface area contributed by atoms with Gasteiger partial charge in [-0.05, 0) is 36.8 Å². The first-order valence-electron chi connectivity index (χ1n) is 5.49. The van der Waals surface area contributed by atoms with Gasteiger partial charge in [0.05, 0.1) is 11.5 Å². The molecule has 0 aliphatic rings. The fourth-order valence-electron chi connectivity index (χ4n) is 1.44. The van der Waals surface area contributed by atoms with Gasteiger partial charge >= 0.3 is 0 Å². The van der Waals surface area contributed by atoms with Crippen molar-refractivity contribution in [3.8, 4) is 0 Å². The Kier molecular flexibility index (Phi) is 3.79. The fraction of sp³-hybridized carbons (Fsp3) is 0.143. The lowest BCUT2D eigenvalue weighted by atomic mass is 10.2. The lowest BCUT2D eigenvalue weighted by Gasteiger charge is -2.05. The standard InChI is InChI=1S/C14H13O3S/c1-12-7-9-14(10-8-12)18(15,16)17-11-13-5-3-2-4-6-13/h2-3,5-10H,11H2,1H3. The van der Waals surface area contributed by atoms with Crippen molar-refractivity contribution in [1.82, 2.24) is 0 Å². The van der Waals surface area contributed by atoms with Crippen molar-refractivity contribution in [2.24, 2.45) is 0 Å². The van der Waals surface area contributed by atoms with E-state index in [-0.39, 0.29) is 11.5 Å². The Balaban J connectivity index is 2.11. The van der Waals surface area contributed by atoms with Crippen LogP contribution in [0, 0.1) is 13.0 Å². The van der Waals surface area contributed by atoms with Crippen molar-refractivity contribution >= 4 is 10.1 Å². The monoisotopic (exact) mass is 261 g/mol. The van der Waals surface area contributed by atoms with Crippen LogP contribution in [0.25, 0.3) is 0 Å². The van der Waals surface area contributed by atoms with Crippen LogP contribution in [0.4, 0.5) is 0 Å². The molecule has 4 heteroatoms. The highest BCUT2D eigenvalue weighted by atomic mass is 32.2. The van der Waals surface area contributed by atoms with Crippen LogP contribution in [-0.4, -0.2) is 8.42 Å². The molecule has 0 amide bonds. The Morgan fingerprint density at radius 2 is 1.89 bits per heavy atom. The number of hydrogen-bond donors (Lipinski definition) is 0. The van der Waals surface area contributed by atoms with E-state index in [1.165, 1.54) is 0 Å². The van der Waals surface area contributed by atoms with Crippen molar-refractivity contribution in [3.05, 3.63) is 65.7 Å². The predicted octanol–water partition coefficient (Wildman–Crippen LogP) is 2.70. The molecule has 0 unspecified atom stereocenters. The van der Waals surface area contributed by atoms with Gasteiger partial charge in [-0.1, -0.05) is 35.9 Å². The molecule has 0 heterocycles. The molecule has 18 heavy (non-hydrogen) atoms. The summed E-state index contributed by atoms with van der Waals surface area (Å²) in [5.41, 5.74) is 1.78. The van der Waals surface area contributed by atoms with E-state index in [9.17, 15) is 8.42 Å². The maximum atomic E-state index is 11.9. The molecular weight excluding hydrogens is 248 g/mol. The second kappa shape index (κ2) is 5.33. The SMILES string of the molecule is Cc1ccc(S(=O)(=O)OCc2c[c]ccc2)cc1. The molecule has 0 atom stereocenters. The summed E-state index contributed by atoms with van der Waals surface area (Å²) in [4.78, 5) is 0.174. The lowest BCUT2D eigenvalue weighted by molar-refractivity contribution is 0.308. The van der Waals surface area contributed by atoms with Gasteiger partial charge in [0.15, 0.2) is 0 Å². The van der Waals surface area contributed by atoms with Crippen molar-refractivity contribution in [1.29, 1.82) is 0 Å². The molecule has 2 aromatic rings. The van der Waals surface area contributed by atoms with Crippen LogP contribution in [-0.2, 0) is 20.9 Å². The fourth-order valence-corrected chi connectivity index (χ4v) is 2.34. The third-order valence-corrected chi connectivity index (χ3v) is 3.74. The van der Waals surface area contributed by atoms with Gasteiger partial charge < -0.3 is 0 Å². The van der Waals surface area contributed by atoms with Gasteiger partial charge in [-0.3, -0.25) is 4.18 Å². The van der Waals surface area contributed by atoms with Crippen molar-refractivity contribution in [2.45, 2.75) is 18.4 Å². The largest absolute Gasteiger partial charge is 0.297 e. The minimum Gasteiger partial charge on any atom is -0.262 e. The number of hydrogen-bond acceptors (Lipinski definition) is 3. The molecule has 0 saturated heterocycles. The normalized spacial score (nSPS) is 11.4. The van der Waals surface area contributed by atoms with Crippen LogP contribution in [0.3, 0.4) is 0 Å². The molecule has 2 rings (SSSR count). The number of aryl methyl sites for hydroxylation is 1. The Bertz CT molecular complexity index is 601. The van der Waals surface area contributed by atoms with Crippen molar-refractivity contribution in [3.63, 3.8) is 0 Å². The average molecular weight is 261 g/mol. The average Bonchev–Trinajstić information content (AvgIpc) is 2.38. The third-order valence-electron chi connectivity index (χ3n) is 2.46. The highest BCUT2D eigenvalue weighted by Gasteiger charge is 2.14. The molecule has 93 valence electrons. The first-order valence-corrected chi connectivity index (χ1v) is 6.90. The number of rotatable bonds is 4. The molecule has 1 radical (unpaired) electrons. The summed E-state index contributed by atoms with van der Waals surface area (Å²) in [7, 11) is -3.69. The molecule has 0 saturated carbocycles. The van der Waals surface area contributed by atoms with Crippen LogP contribution < -0.4 is 0 Å². The van der Waals surface area contributed by atoms with E-state index in [0.717, 1.165) is 11.1 Å². The van der Waals surface area contributed by atoms with Gasteiger partial charge in [0.1, 0.15) is 0 Å². The molecular formula is C14H13O3S. The summed E-state index contributed by atoms with van der Waals surface area (Å²) >= 11 is 0. The van der Waals surface area contributed by atoms with Gasteiger partial charge in [0.25, 0.3) is 10.1 Å². The molecule has 3 nitrogen and oxygen atoms in total. The Labute approximate surface area is 107 Å². The summed E-state index contributed by atoms with van der Waals surface area (Å²) in [6, 6.07) is 16.5. The maximum Gasteiger partial charge on any atom is 0.297 e. The zero-order valence-corrected chi connectivity index (χ0v) is 10.8. The quantitative estimate of drug-likeness (QED) is 0.795. The van der Waals surface area contributed by atoms with Crippen LogP contribution >= 0.6 is 0 Å². The minimum absolute atomic E-state index is 0.0214. The summed E-state index contributed by atoms with van der Waals surface area (Å²) in [5, 5.41) is 0. The van der Waals surface area contributed by atoms with Crippen molar-refractivity contribution in [2.75, 3.05) is 0 Å². The van der Waals surface area contributed by atoms with E-state index >= 15 is 0 Å². The second-order valence-corrected chi connectivity index (χ2v) is 5.56. The third kappa shape index (κ3) is 3.18. The molecule has 0 aromatic heterocycles. The van der Waals surface area contributed by atoms with E-state index in [2.05, 4.69) is 6.07 Å². The molecule has 0 N–H and O–H groups in total. The molecule has 2 aromatic carbocycles. The smallest absolute Gasteiger partial charge is 0.262 e. The molecule has 0 spiro atoms. The van der Waals surface area contributed by atoms with Gasteiger partial charge in [-0.15, -0.1) is 0 Å². The first kappa shape index (κ1) is 12.8. The second-order valence-electron chi connectivity index (χ2n) is 3.94. The van der Waals surface area contributed by atoms with E-state index in [1.807, 2.05) is 6.92 Å². The Morgan fingerprint density at radius 1 is 1.17 bits per heavy atom. The highest BCUT2D eigenvalue weighted by Crippen LogP contribution is 2.15. The van der Waals surface area contributed by atoms with Crippen LogP contribution in [0.5, 0.6) is 0 Å². The topological polar surface area (TPSA) is 43.4 Å².